The highest BCUT2D eigenvalue weighted by Gasteiger charge is 2.08. The monoisotopic (exact) mass is 202 g/mol. The van der Waals surface area contributed by atoms with Crippen LogP contribution in [0.4, 0.5) is 0 Å². The van der Waals surface area contributed by atoms with E-state index in [2.05, 4.69) is 12.2 Å². The second-order valence-electron chi connectivity index (χ2n) is 3.87. The van der Waals surface area contributed by atoms with E-state index < -0.39 is 0 Å². The third-order valence-electron chi connectivity index (χ3n) is 2.20. The first kappa shape index (κ1) is 13.4. The smallest absolute Gasteiger partial charge is 0.220 e. The van der Waals surface area contributed by atoms with Gasteiger partial charge in [0.15, 0.2) is 0 Å². The Bertz CT molecular complexity index is 162. The van der Waals surface area contributed by atoms with Crippen molar-refractivity contribution in [3.05, 3.63) is 0 Å². The van der Waals surface area contributed by atoms with Gasteiger partial charge < -0.3 is 16.2 Å². The zero-order valence-electron chi connectivity index (χ0n) is 9.12. The Morgan fingerprint density at radius 2 is 2.07 bits per heavy atom. The molecule has 4 heteroatoms. The highest BCUT2D eigenvalue weighted by molar-refractivity contribution is 5.76. The van der Waals surface area contributed by atoms with Crippen molar-refractivity contribution in [1.29, 1.82) is 0 Å². The fraction of sp³-hybridized carbons (Fsp3) is 0.900. The average Bonchev–Trinajstić information content (AvgIpc) is 2.15. The molecule has 0 fully saturated rings. The van der Waals surface area contributed by atoms with Gasteiger partial charge in [-0.3, -0.25) is 4.79 Å². The van der Waals surface area contributed by atoms with Crippen molar-refractivity contribution in [2.45, 2.75) is 39.2 Å². The molecule has 0 aromatic heterocycles. The van der Waals surface area contributed by atoms with E-state index in [1.807, 2.05) is 0 Å². The maximum Gasteiger partial charge on any atom is 0.220 e. The van der Waals surface area contributed by atoms with Crippen LogP contribution in [0.3, 0.4) is 0 Å². The molecule has 1 amide bonds. The van der Waals surface area contributed by atoms with Gasteiger partial charge in [0.25, 0.3) is 0 Å². The van der Waals surface area contributed by atoms with Crippen LogP contribution in [0.25, 0.3) is 0 Å². The number of aliphatic hydroxyl groups is 1. The molecule has 4 nitrogen and oxygen atoms in total. The van der Waals surface area contributed by atoms with Crippen molar-refractivity contribution in [1.82, 2.24) is 5.32 Å². The average molecular weight is 202 g/mol. The second-order valence-corrected chi connectivity index (χ2v) is 3.87. The molecule has 0 rings (SSSR count). The number of carbonyl (C=O) groups excluding carboxylic acids is 1. The van der Waals surface area contributed by atoms with Crippen LogP contribution in [0, 0.1) is 5.92 Å². The summed E-state index contributed by atoms with van der Waals surface area (Å²) in [4.78, 5) is 11.3. The number of hydrogen-bond acceptors (Lipinski definition) is 3. The Hall–Kier alpha value is -0.610. The van der Waals surface area contributed by atoms with Gasteiger partial charge in [-0.1, -0.05) is 6.92 Å². The van der Waals surface area contributed by atoms with Gasteiger partial charge in [0.1, 0.15) is 0 Å². The first-order chi connectivity index (χ1) is 6.60. The van der Waals surface area contributed by atoms with Crippen LogP contribution in [0.2, 0.25) is 0 Å². The molecule has 2 atom stereocenters. The number of hydrogen-bond donors (Lipinski definition) is 3. The summed E-state index contributed by atoms with van der Waals surface area (Å²) in [6, 6.07) is -0.146. The lowest BCUT2D eigenvalue weighted by Gasteiger charge is -2.12. The van der Waals surface area contributed by atoms with Crippen LogP contribution in [-0.4, -0.2) is 30.2 Å². The van der Waals surface area contributed by atoms with Crippen molar-refractivity contribution in [3.8, 4) is 0 Å². The fourth-order valence-corrected chi connectivity index (χ4v) is 1.20. The normalized spacial score (nSPS) is 14.9. The molecular formula is C10H22N2O2. The van der Waals surface area contributed by atoms with Crippen molar-refractivity contribution < 1.29 is 9.90 Å². The number of rotatable bonds is 7. The van der Waals surface area contributed by atoms with E-state index in [1.54, 1.807) is 6.92 Å². The molecule has 0 aromatic rings. The van der Waals surface area contributed by atoms with E-state index in [0.717, 1.165) is 12.8 Å². The zero-order chi connectivity index (χ0) is 11.0. The predicted molar refractivity (Wildman–Crippen MR) is 56.8 cm³/mol. The number of carbonyl (C=O) groups is 1. The third kappa shape index (κ3) is 6.86. The highest BCUT2D eigenvalue weighted by Crippen LogP contribution is 2.08. The minimum Gasteiger partial charge on any atom is -0.394 e. The molecule has 14 heavy (non-hydrogen) atoms. The van der Waals surface area contributed by atoms with E-state index in [-0.39, 0.29) is 18.6 Å². The van der Waals surface area contributed by atoms with Crippen molar-refractivity contribution in [2.24, 2.45) is 11.7 Å². The summed E-state index contributed by atoms with van der Waals surface area (Å²) in [6.45, 7) is 4.54. The summed E-state index contributed by atoms with van der Waals surface area (Å²) < 4.78 is 0. The van der Waals surface area contributed by atoms with E-state index in [4.69, 9.17) is 10.8 Å². The maximum atomic E-state index is 11.3. The summed E-state index contributed by atoms with van der Waals surface area (Å²) in [5.41, 5.74) is 5.40. The number of nitrogens with one attached hydrogen (secondary N) is 1. The van der Waals surface area contributed by atoms with Gasteiger partial charge in [0, 0.05) is 12.5 Å². The lowest BCUT2D eigenvalue weighted by Crippen LogP contribution is -2.35. The molecule has 0 aromatic carbocycles. The van der Waals surface area contributed by atoms with Gasteiger partial charge in [-0.05, 0) is 32.2 Å². The van der Waals surface area contributed by atoms with Gasteiger partial charge in [-0.2, -0.15) is 0 Å². The molecule has 1 unspecified atom stereocenters. The Labute approximate surface area is 85.9 Å². The van der Waals surface area contributed by atoms with Crippen molar-refractivity contribution in [2.75, 3.05) is 13.2 Å². The van der Waals surface area contributed by atoms with Gasteiger partial charge in [-0.15, -0.1) is 0 Å². The molecule has 0 saturated carbocycles. The first-order valence-corrected chi connectivity index (χ1v) is 5.20. The summed E-state index contributed by atoms with van der Waals surface area (Å²) in [7, 11) is 0. The minimum absolute atomic E-state index is 0.00965. The van der Waals surface area contributed by atoms with Crippen LogP contribution in [0.15, 0.2) is 0 Å². The summed E-state index contributed by atoms with van der Waals surface area (Å²) in [6.07, 6.45) is 2.34. The molecule has 0 spiro atoms. The Morgan fingerprint density at radius 3 is 2.57 bits per heavy atom. The minimum atomic E-state index is -0.146. The highest BCUT2D eigenvalue weighted by atomic mass is 16.3. The fourth-order valence-electron chi connectivity index (χ4n) is 1.20. The van der Waals surface area contributed by atoms with Crippen LogP contribution < -0.4 is 11.1 Å². The van der Waals surface area contributed by atoms with Crippen LogP contribution in [0.5, 0.6) is 0 Å². The van der Waals surface area contributed by atoms with Crippen molar-refractivity contribution >= 4 is 5.91 Å². The summed E-state index contributed by atoms with van der Waals surface area (Å²) >= 11 is 0. The van der Waals surface area contributed by atoms with Crippen LogP contribution in [-0.2, 0) is 4.79 Å². The van der Waals surface area contributed by atoms with E-state index in [9.17, 15) is 4.79 Å². The Morgan fingerprint density at radius 1 is 1.43 bits per heavy atom. The van der Waals surface area contributed by atoms with Crippen LogP contribution in [0.1, 0.15) is 33.1 Å². The van der Waals surface area contributed by atoms with Crippen LogP contribution >= 0.6 is 0 Å². The Balaban J connectivity index is 3.53. The van der Waals surface area contributed by atoms with Crippen molar-refractivity contribution in [3.63, 3.8) is 0 Å². The SMILES string of the molecule is CC(CCN)CCC(=O)N[C@H](C)CO. The molecule has 0 heterocycles. The van der Waals surface area contributed by atoms with E-state index in [1.165, 1.54) is 0 Å². The number of aliphatic hydroxyl groups excluding tert-OH is 1. The summed E-state index contributed by atoms with van der Waals surface area (Å²) in [5.74, 6) is 0.505. The quantitative estimate of drug-likeness (QED) is 0.554. The topological polar surface area (TPSA) is 75.4 Å². The number of nitrogens with two attached hydrogens (primary N) is 1. The maximum absolute atomic E-state index is 11.3. The standard InChI is InChI=1S/C10H22N2O2/c1-8(5-6-11)3-4-10(14)12-9(2)7-13/h8-9,13H,3-7,11H2,1-2H3,(H,12,14)/t8?,9-/m1/s1. The number of amides is 1. The van der Waals surface area contributed by atoms with Gasteiger partial charge in [0.05, 0.1) is 6.61 Å². The summed E-state index contributed by atoms with van der Waals surface area (Å²) in [5, 5.41) is 11.4. The molecule has 0 aliphatic carbocycles. The van der Waals surface area contributed by atoms with E-state index >= 15 is 0 Å². The first-order valence-electron chi connectivity index (χ1n) is 5.20. The predicted octanol–water partition coefficient (Wildman–Crippen LogP) is 0.249. The van der Waals surface area contributed by atoms with Gasteiger partial charge >= 0.3 is 0 Å². The molecule has 0 aliphatic heterocycles. The molecule has 0 saturated heterocycles. The molecule has 0 bridgehead atoms. The van der Waals surface area contributed by atoms with E-state index in [0.29, 0.717) is 18.9 Å². The second kappa shape index (κ2) is 7.76. The molecule has 0 radical (unpaired) electrons. The third-order valence-corrected chi connectivity index (χ3v) is 2.20. The molecular weight excluding hydrogens is 180 g/mol. The molecule has 4 N–H and O–H groups in total. The van der Waals surface area contributed by atoms with Gasteiger partial charge in [-0.25, -0.2) is 0 Å². The lowest BCUT2D eigenvalue weighted by atomic mass is 10.0. The molecule has 84 valence electrons. The largest absolute Gasteiger partial charge is 0.394 e. The lowest BCUT2D eigenvalue weighted by molar-refractivity contribution is -0.122. The molecule has 0 aliphatic rings. The Kier molecular flexibility index (Phi) is 7.42. The zero-order valence-corrected chi connectivity index (χ0v) is 9.12. The van der Waals surface area contributed by atoms with Gasteiger partial charge in [0.2, 0.25) is 5.91 Å².